The van der Waals surface area contributed by atoms with Crippen LogP contribution in [0.3, 0.4) is 0 Å². The van der Waals surface area contributed by atoms with E-state index in [0.29, 0.717) is 42.3 Å². The Hall–Kier alpha value is -3.68. The molecule has 4 heterocycles. The quantitative estimate of drug-likeness (QED) is 0.468. The molecule has 4 rings (SSSR count). The van der Waals surface area contributed by atoms with Crippen molar-refractivity contribution in [2.75, 3.05) is 36.5 Å². The summed E-state index contributed by atoms with van der Waals surface area (Å²) in [6, 6.07) is 0. The summed E-state index contributed by atoms with van der Waals surface area (Å²) in [7, 11) is 1.67. The number of hydrogen-bond acceptors (Lipinski definition) is 10. The molecule has 1 aliphatic heterocycles. The highest BCUT2D eigenvalue weighted by molar-refractivity contribution is 7.13. The van der Waals surface area contributed by atoms with E-state index in [1.165, 1.54) is 22.2 Å². The molecule has 0 spiro atoms. The highest BCUT2D eigenvalue weighted by Crippen LogP contribution is 2.22. The van der Waals surface area contributed by atoms with E-state index in [-0.39, 0.29) is 23.3 Å². The molecule has 3 aromatic heterocycles. The lowest BCUT2D eigenvalue weighted by atomic mass is 10.2. The van der Waals surface area contributed by atoms with Gasteiger partial charge >= 0.3 is 6.09 Å². The second-order valence-corrected chi connectivity index (χ2v) is 9.31. The van der Waals surface area contributed by atoms with Gasteiger partial charge in [-0.2, -0.15) is 10.1 Å². The lowest BCUT2D eigenvalue weighted by Crippen LogP contribution is -2.50. The van der Waals surface area contributed by atoms with Crippen LogP contribution < -0.4 is 21.3 Å². The monoisotopic (exact) mass is 475 g/mol. The zero-order valence-corrected chi connectivity index (χ0v) is 19.5. The molecule has 2 amide bonds. The van der Waals surface area contributed by atoms with Crippen molar-refractivity contribution < 1.29 is 14.3 Å². The predicted octanol–water partition coefficient (Wildman–Crippen LogP) is 0.927. The summed E-state index contributed by atoms with van der Waals surface area (Å²) in [6.07, 6.45) is 1.09. The fraction of sp³-hybridized carbons (Fsp3) is 0.474. The Morgan fingerprint density at radius 3 is 2.61 bits per heavy atom. The topological polar surface area (TPSA) is 150 Å². The average Bonchev–Trinajstić information content (AvgIpc) is 3.39. The highest BCUT2D eigenvalue weighted by atomic mass is 32.1. The average molecular weight is 476 g/mol. The number of ether oxygens (including phenoxy) is 1. The maximum atomic E-state index is 12.5. The SMILES string of the molecule is Cn1ncc2c(=O)[nH]c(NNC(=O)c3csc(N4CCN(C(=O)OC(C)(C)C)CC4)n3)nc21. The first-order valence-corrected chi connectivity index (χ1v) is 11.2. The number of carbonyl (C=O) groups is 2. The van der Waals surface area contributed by atoms with E-state index < -0.39 is 11.5 Å². The Kier molecular flexibility index (Phi) is 5.93. The van der Waals surface area contributed by atoms with E-state index in [4.69, 9.17) is 4.74 Å². The number of fused-ring (bicyclic) bond motifs is 1. The predicted molar refractivity (Wildman–Crippen MR) is 122 cm³/mol. The van der Waals surface area contributed by atoms with Crippen molar-refractivity contribution >= 4 is 45.5 Å². The van der Waals surface area contributed by atoms with Crippen LogP contribution in [0.15, 0.2) is 16.4 Å². The summed E-state index contributed by atoms with van der Waals surface area (Å²) in [6.45, 7) is 7.69. The Morgan fingerprint density at radius 1 is 1.18 bits per heavy atom. The van der Waals surface area contributed by atoms with Gasteiger partial charge in [0, 0.05) is 38.6 Å². The number of nitrogens with zero attached hydrogens (tertiary/aromatic N) is 6. The Balaban J connectivity index is 1.33. The summed E-state index contributed by atoms with van der Waals surface area (Å²) in [5, 5.41) is 6.68. The maximum absolute atomic E-state index is 12.5. The van der Waals surface area contributed by atoms with Gasteiger partial charge in [-0.25, -0.2) is 9.78 Å². The first-order chi connectivity index (χ1) is 15.6. The lowest BCUT2D eigenvalue weighted by molar-refractivity contribution is 0.0240. The van der Waals surface area contributed by atoms with Gasteiger partial charge in [0.1, 0.15) is 16.7 Å². The molecule has 33 heavy (non-hydrogen) atoms. The van der Waals surface area contributed by atoms with Crippen LogP contribution in [0.1, 0.15) is 31.3 Å². The molecule has 1 aliphatic rings. The molecule has 176 valence electrons. The first kappa shape index (κ1) is 22.5. The maximum Gasteiger partial charge on any atom is 0.410 e. The zero-order chi connectivity index (χ0) is 23.8. The molecule has 0 aromatic carbocycles. The van der Waals surface area contributed by atoms with Crippen molar-refractivity contribution in [3.63, 3.8) is 0 Å². The van der Waals surface area contributed by atoms with E-state index in [1.807, 2.05) is 25.7 Å². The molecule has 0 atom stereocenters. The summed E-state index contributed by atoms with van der Waals surface area (Å²) in [5.74, 6) is -0.393. The fourth-order valence-corrected chi connectivity index (χ4v) is 4.05. The number of aromatic nitrogens is 5. The molecule has 0 unspecified atom stereocenters. The fourth-order valence-electron chi connectivity index (χ4n) is 3.19. The lowest BCUT2D eigenvalue weighted by Gasteiger charge is -2.35. The van der Waals surface area contributed by atoms with Gasteiger partial charge in [-0.05, 0) is 20.8 Å². The van der Waals surface area contributed by atoms with Crippen LogP contribution in [0, 0.1) is 0 Å². The van der Waals surface area contributed by atoms with Crippen LogP contribution in [0.2, 0.25) is 0 Å². The molecule has 0 aliphatic carbocycles. The summed E-state index contributed by atoms with van der Waals surface area (Å²) < 4.78 is 6.88. The van der Waals surface area contributed by atoms with Crippen LogP contribution in [-0.2, 0) is 11.8 Å². The minimum absolute atomic E-state index is 0.0816. The molecule has 0 bridgehead atoms. The molecule has 1 saturated heterocycles. The molecule has 13 nitrogen and oxygen atoms in total. The smallest absolute Gasteiger partial charge is 0.410 e. The van der Waals surface area contributed by atoms with Crippen molar-refractivity contribution in [1.82, 2.24) is 35.1 Å². The van der Waals surface area contributed by atoms with E-state index in [1.54, 1.807) is 17.3 Å². The first-order valence-electron chi connectivity index (χ1n) is 10.3. The van der Waals surface area contributed by atoms with Crippen molar-refractivity contribution in [2.24, 2.45) is 7.05 Å². The molecule has 0 radical (unpaired) electrons. The van der Waals surface area contributed by atoms with Crippen LogP contribution in [0.4, 0.5) is 15.9 Å². The third kappa shape index (κ3) is 5.05. The second-order valence-electron chi connectivity index (χ2n) is 8.47. The number of piperazine rings is 1. The van der Waals surface area contributed by atoms with Crippen LogP contribution in [-0.4, -0.2) is 73.4 Å². The highest BCUT2D eigenvalue weighted by Gasteiger charge is 2.27. The van der Waals surface area contributed by atoms with Crippen LogP contribution in [0.5, 0.6) is 0 Å². The molecule has 14 heteroatoms. The molecule has 3 aromatic rings. The number of nitrogens with one attached hydrogen (secondary N) is 3. The van der Waals surface area contributed by atoms with Crippen molar-refractivity contribution in [1.29, 1.82) is 0 Å². The van der Waals surface area contributed by atoms with E-state index in [9.17, 15) is 14.4 Å². The van der Waals surface area contributed by atoms with Gasteiger partial charge in [-0.15, -0.1) is 11.3 Å². The van der Waals surface area contributed by atoms with Gasteiger partial charge in [-0.3, -0.25) is 30.1 Å². The number of amides is 2. The van der Waals surface area contributed by atoms with Crippen molar-refractivity contribution in [2.45, 2.75) is 26.4 Å². The van der Waals surface area contributed by atoms with Gasteiger partial charge in [0.25, 0.3) is 11.5 Å². The number of hydrogen-bond donors (Lipinski definition) is 3. The Morgan fingerprint density at radius 2 is 1.91 bits per heavy atom. The van der Waals surface area contributed by atoms with E-state index in [0.717, 1.165) is 0 Å². The van der Waals surface area contributed by atoms with Gasteiger partial charge in [-0.1, -0.05) is 0 Å². The summed E-state index contributed by atoms with van der Waals surface area (Å²) >= 11 is 1.34. The molecular formula is C19H25N9O4S. The number of rotatable bonds is 4. The van der Waals surface area contributed by atoms with Gasteiger partial charge in [0.05, 0.1) is 6.20 Å². The minimum atomic E-state index is -0.536. The number of anilines is 2. The number of aryl methyl sites for hydroxylation is 1. The minimum Gasteiger partial charge on any atom is -0.444 e. The standard InChI is InChI=1S/C19H25N9O4S/c1-19(2,3)32-18(31)28-7-5-27(6-8-28)17-21-12(10-33-17)15(30)24-25-16-22-13-11(14(29)23-16)9-20-26(13)4/h9-10H,5-8H2,1-4H3,(H,24,30)(H2,22,23,25,29). The van der Waals surface area contributed by atoms with Crippen molar-refractivity contribution in [3.8, 4) is 0 Å². The normalized spacial score (nSPS) is 14.4. The van der Waals surface area contributed by atoms with E-state index >= 15 is 0 Å². The van der Waals surface area contributed by atoms with Crippen molar-refractivity contribution in [3.05, 3.63) is 27.6 Å². The number of aromatic amines is 1. The van der Waals surface area contributed by atoms with Gasteiger partial charge < -0.3 is 14.5 Å². The van der Waals surface area contributed by atoms with Crippen LogP contribution >= 0.6 is 11.3 Å². The van der Waals surface area contributed by atoms with Gasteiger partial charge in [0.15, 0.2) is 10.8 Å². The number of thiazole rings is 1. The second kappa shape index (κ2) is 8.69. The van der Waals surface area contributed by atoms with E-state index in [2.05, 4.69) is 30.9 Å². The Labute approximate surface area is 192 Å². The molecule has 0 saturated carbocycles. The Bertz CT molecular complexity index is 1230. The summed E-state index contributed by atoms with van der Waals surface area (Å²) in [5.41, 5.74) is 4.79. The third-order valence-electron chi connectivity index (χ3n) is 4.82. The number of hydrazine groups is 1. The zero-order valence-electron chi connectivity index (χ0n) is 18.7. The number of H-pyrrole nitrogens is 1. The molecule has 1 fully saturated rings. The van der Waals surface area contributed by atoms with Gasteiger partial charge in [0.2, 0.25) is 5.95 Å². The summed E-state index contributed by atoms with van der Waals surface area (Å²) in [4.78, 5) is 51.7. The number of carbonyl (C=O) groups excluding carboxylic acids is 2. The van der Waals surface area contributed by atoms with Crippen LogP contribution in [0.25, 0.3) is 11.0 Å². The molecule has 3 N–H and O–H groups in total. The third-order valence-corrected chi connectivity index (χ3v) is 5.72. The largest absolute Gasteiger partial charge is 0.444 e. The molecular weight excluding hydrogens is 450 g/mol.